The lowest BCUT2D eigenvalue weighted by Crippen LogP contribution is -2.42. The minimum atomic E-state index is 0.0295. The molecule has 20 heavy (non-hydrogen) atoms. The number of nitrogens with zero attached hydrogens (tertiary/aromatic N) is 1. The van der Waals surface area contributed by atoms with E-state index in [1.54, 1.807) is 0 Å². The van der Waals surface area contributed by atoms with Gasteiger partial charge in [0.2, 0.25) is 5.91 Å². The quantitative estimate of drug-likeness (QED) is 0.918. The van der Waals surface area contributed by atoms with Crippen LogP contribution in [-0.2, 0) is 11.2 Å². The highest BCUT2D eigenvalue weighted by Gasteiger charge is 2.24. The van der Waals surface area contributed by atoms with E-state index in [9.17, 15) is 9.90 Å². The number of likely N-dealkylation sites (tertiary alicyclic amines) is 1. The van der Waals surface area contributed by atoms with Gasteiger partial charge in [-0.1, -0.05) is 37.1 Å². The average molecular weight is 275 g/mol. The molecule has 1 amide bonds. The summed E-state index contributed by atoms with van der Waals surface area (Å²) in [4.78, 5) is 14.3. The van der Waals surface area contributed by atoms with E-state index in [4.69, 9.17) is 0 Å². The molecule has 1 atom stereocenters. The van der Waals surface area contributed by atoms with Crippen LogP contribution in [0.4, 0.5) is 0 Å². The molecule has 0 radical (unpaired) electrons. The summed E-state index contributed by atoms with van der Waals surface area (Å²) in [7, 11) is 0. The second kappa shape index (κ2) is 7.44. The maximum Gasteiger partial charge on any atom is 0.223 e. The maximum absolute atomic E-state index is 12.4. The fourth-order valence-electron chi connectivity index (χ4n) is 2.97. The third kappa shape index (κ3) is 3.83. The number of aliphatic hydroxyl groups is 1. The molecule has 3 nitrogen and oxygen atoms in total. The van der Waals surface area contributed by atoms with Crippen LogP contribution in [0.15, 0.2) is 24.3 Å². The Morgan fingerprint density at radius 2 is 2.10 bits per heavy atom. The molecule has 1 heterocycles. The fraction of sp³-hybridized carbons (Fsp3) is 0.588. The van der Waals surface area contributed by atoms with Crippen LogP contribution in [0, 0.1) is 6.92 Å². The molecule has 1 N–H and O–H groups in total. The first-order valence-corrected chi connectivity index (χ1v) is 7.67. The molecule has 1 aliphatic rings. The predicted molar refractivity (Wildman–Crippen MR) is 80.6 cm³/mol. The number of benzene rings is 1. The topological polar surface area (TPSA) is 40.5 Å². The predicted octanol–water partition coefficient (Wildman–Crippen LogP) is 2.69. The molecule has 110 valence electrons. The van der Waals surface area contributed by atoms with Crippen LogP contribution in [0.3, 0.4) is 0 Å². The summed E-state index contributed by atoms with van der Waals surface area (Å²) in [5.41, 5.74) is 2.49. The average Bonchev–Trinajstić information content (AvgIpc) is 2.71. The van der Waals surface area contributed by atoms with E-state index in [0.717, 1.165) is 38.6 Å². The third-order valence-corrected chi connectivity index (χ3v) is 4.28. The standard InChI is InChI=1S/C17H25NO2/c1-14-7-4-5-8-15(14)10-11-17(20)18-12-6-2-3-9-16(18)13-19/h4-5,7-8,16,19H,2-3,6,9-13H2,1H3. The van der Waals surface area contributed by atoms with Crippen molar-refractivity contribution in [3.63, 3.8) is 0 Å². The van der Waals surface area contributed by atoms with Gasteiger partial charge in [0.1, 0.15) is 0 Å². The molecule has 0 saturated carbocycles. The Labute approximate surface area is 121 Å². The summed E-state index contributed by atoms with van der Waals surface area (Å²) in [5, 5.41) is 9.47. The number of aryl methyl sites for hydroxylation is 2. The molecule has 1 unspecified atom stereocenters. The Morgan fingerprint density at radius 3 is 2.85 bits per heavy atom. The molecule has 1 saturated heterocycles. The fourth-order valence-corrected chi connectivity index (χ4v) is 2.97. The Balaban J connectivity index is 1.94. The van der Waals surface area contributed by atoms with Crippen molar-refractivity contribution in [1.82, 2.24) is 4.90 Å². The van der Waals surface area contributed by atoms with Gasteiger partial charge in [0.05, 0.1) is 12.6 Å². The highest BCUT2D eigenvalue weighted by Crippen LogP contribution is 2.18. The molecule has 2 rings (SSSR count). The smallest absolute Gasteiger partial charge is 0.223 e. The van der Waals surface area contributed by atoms with Gasteiger partial charge in [-0.2, -0.15) is 0 Å². The summed E-state index contributed by atoms with van der Waals surface area (Å²) in [5.74, 6) is 0.189. The molecule has 1 aromatic carbocycles. The zero-order valence-electron chi connectivity index (χ0n) is 12.3. The van der Waals surface area contributed by atoms with Gasteiger partial charge < -0.3 is 10.0 Å². The molecular weight excluding hydrogens is 250 g/mol. The van der Waals surface area contributed by atoms with E-state index >= 15 is 0 Å². The SMILES string of the molecule is Cc1ccccc1CCC(=O)N1CCCCCC1CO. The summed E-state index contributed by atoms with van der Waals surface area (Å²) in [6, 6.07) is 8.26. The number of aliphatic hydroxyl groups excluding tert-OH is 1. The Kier molecular flexibility index (Phi) is 5.60. The zero-order chi connectivity index (χ0) is 14.4. The van der Waals surface area contributed by atoms with E-state index in [1.807, 2.05) is 17.0 Å². The Morgan fingerprint density at radius 1 is 1.30 bits per heavy atom. The van der Waals surface area contributed by atoms with Crippen LogP contribution in [-0.4, -0.2) is 35.1 Å². The summed E-state index contributed by atoms with van der Waals surface area (Å²) in [6.45, 7) is 2.98. The lowest BCUT2D eigenvalue weighted by atomic mass is 10.0. The number of amides is 1. The van der Waals surface area contributed by atoms with Crippen molar-refractivity contribution in [2.45, 2.75) is 51.5 Å². The molecule has 1 aliphatic heterocycles. The van der Waals surface area contributed by atoms with E-state index in [2.05, 4.69) is 19.1 Å². The van der Waals surface area contributed by atoms with E-state index in [1.165, 1.54) is 11.1 Å². The van der Waals surface area contributed by atoms with Crippen LogP contribution in [0.1, 0.15) is 43.2 Å². The second-order valence-electron chi connectivity index (χ2n) is 5.70. The Bertz CT molecular complexity index is 444. The van der Waals surface area contributed by atoms with E-state index < -0.39 is 0 Å². The van der Waals surface area contributed by atoms with Crippen LogP contribution >= 0.6 is 0 Å². The van der Waals surface area contributed by atoms with Crippen molar-refractivity contribution in [1.29, 1.82) is 0 Å². The molecule has 0 aromatic heterocycles. The number of hydrogen-bond acceptors (Lipinski definition) is 2. The first kappa shape index (κ1) is 15.0. The normalized spacial score (nSPS) is 19.7. The van der Waals surface area contributed by atoms with Crippen molar-refractivity contribution < 1.29 is 9.90 Å². The third-order valence-electron chi connectivity index (χ3n) is 4.28. The molecule has 0 spiro atoms. The van der Waals surface area contributed by atoms with Crippen molar-refractivity contribution in [2.75, 3.05) is 13.2 Å². The van der Waals surface area contributed by atoms with Crippen molar-refractivity contribution in [2.24, 2.45) is 0 Å². The summed E-state index contributed by atoms with van der Waals surface area (Å²) < 4.78 is 0. The summed E-state index contributed by atoms with van der Waals surface area (Å²) >= 11 is 0. The minimum absolute atomic E-state index is 0.0295. The van der Waals surface area contributed by atoms with Crippen LogP contribution in [0.25, 0.3) is 0 Å². The minimum Gasteiger partial charge on any atom is -0.394 e. The van der Waals surface area contributed by atoms with Gasteiger partial charge >= 0.3 is 0 Å². The van der Waals surface area contributed by atoms with Gasteiger partial charge in [-0.15, -0.1) is 0 Å². The van der Waals surface area contributed by atoms with E-state index in [-0.39, 0.29) is 18.6 Å². The van der Waals surface area contributed by atoms with Gasteiger partial charge in [0, 0.05) is 13.0 Å². The molecule has 1 fully saturated rings. The van der Waals surface area contributed by atoms with Gasteiger partial charge in [-0.05, 0) is 37.3 Å². The molecule has 0 bridgehead atoms. The lowest BCUT2D eigenvalue weighted by molar-refractivity contribution is -0.134. The first-order valence-electron chi connectivity index (χ1n) is 7.67. The Hall–Kier alpha value is -1.35. The van der Waals surface area contributed by atoms with Crippen LogP contribution < -0.4 is 0 Å². The number of carbonyl (C=O) groups is 1. The van der Waals surface area contributed by atoms with Gasteiger partial charge in [0.25, 0.3) is 0 Å². The largest absolute Gasteiger partial charge is 0.394 e. The zero-order valence-corrected chi connectivity index (χ0v) is 12.3. The lowest BCUT2D eigenvalue weighted by Gasteiger charge is -2.28. The maximum atomic E-state index is 12.4. The summed E-state index contributed by atoms with van der Waals surface area (Å²) in [6.07, 6.45) is 5.62. The number of rotatable bonds is 4. The first-order chi connectivity index (χ1) is 9.72. The van der Waals surface area contributed by atoms with Crippen molar-refractivity contribution in [3.05, 3.63) is 35.4 Å². The van der Waals surface area contributed by atoms with Crippen molar-refractivity contribution >= 4 is 5.91 Å². The molecule has 1 aromatic rings. The monoisotopic (exact) mass is 275 g/mol. The van der Waals surface area contributed by atoms with Gasteiger partial charge in [0.15, 0.2) is 0 Å². The molecule has 0 aliphatic carbocycles. The molecule has 3 heteroatoms. The van der Waals surface area contributed by atoms with Gasteiger partial charge in [-0.3, -0.25) is 4.79 Å². The highest BCUT2D eigenvalue weighted by atomic mass is 16.3. The highest BCUT2D eigenvalue weighted by molar-refractivity contribution is 5.77. The van der Waals surface area contributed by atoms with Crippen LogP contribution in [0.2, 0.25) is 0 Å². The van der Waals surface area contributed by atoms with Crippen LogP contribution in [0.5, 0.6) is 0 Å². The number of hydrogen-bond donors (Lipinski definition) is 1. The van der Waals surface area contributed by atoms with Gasteiger partial charge in [-0.25, -0.2) is 0 Å². The van der Waals surface area contributed by atoms with Crippen molar-refractivity contribution in [3.8, 4) is 0 Å². The second-order valence-corrected chi connectivity index (χ2v) is 5.70. The number of carbonyl (C=O) groups excluding carboxylic acids is 1. The van der Waals surface area contributed by atoms with E-state index in [0.29, 0.717) is 6.42 Å². The molecular formula is C17H25NO2.